The summed E-state index contributed by atoms with van der Waals surface area (Å²) in [4.78, 5) is 10.8. The fourth-order valence-electron chi connectivity index (χ4n) is 1.47. The summed E-state index contributed by atoms with van der Waals surface area (Å²) in [6.07, 6.45) is 0.754. The van der Waals surface area contributed by atoms with Gasteiger partial charge >= 0.3 is 0 Å². The highest BCUT2D eigenvalue weighted by Gasteiger charge is 2.10. The van der Waals surface area contributed by atoms with Crippen LogP contribution < -0.4 is 4.74 Å². The van der Waals surface area contributed by atoms with Gasteiger partial charge in [-0.1, -0.05) is 54.1 Å². The molecule has 1 atom stereocenters. The summed E-state index contributed by atoms with van der Waals surface area (Å²) >= 11 is 6.13. The molecular weight excluding hydrogens is 236 g/mol. The Kier molecular flexibility index (Phi) is 3.78. The van der Waals surface area contributed by atoms with Crippen LogP contribution in [0.15, 0.2) is 54.6 Å². The van der Waals surface area contributed by atoms with Gasteiger partial charge in [0.15, 0.2) is 11.8 Å². The molecule has 0 aromatic heterocycles. The monoisotopic (exact) mass is 246 g/mol. The van der Waals surface area contributed by atoms with Gasteiger partial charge in [0.2, 0.25) is 0 Å². The Morgan fingerprint density at radius 3 is 2.35 bits per heavy atom. The molecule has 2 aromatic carbocycles. The molecule has 3 heteroatoms. The van der Waals surface area contributed by atoms with E-state index in [4.69, 9.17) is 16.3 Å². The highest BCUT2D eigenvalue weighted by Crippen LogP contribution is 2.26. The molecule has 17 heavy (non-hydrogen) atoms. The summed E-state index contributed by atoms with van der Waals surface area (Å²) in [7, 11) is 0. The fourth-order valence-corrected chi connectivity index (χ4v) is 1.71. The van der Waals surface area contributed by atoms with E-state index in [0.29, 0.717) is 11.3 Å². The molecule has 2 aromatic rings. The second-order valence-corrected chi connectivity index (χ2v) is 3.90. The second-order valence-electron chi connectivity index (χ2n) is 3.50. The average molecular weight is 247 g/mol. The van der Waals surface area contributed by atoms with Crippen LogP contribution in [0.5, 0.6) is 5.75 Å². The number of carbonyl (C=O) groups is 1. The molecule has 0 saturated heterocycles. The van der Waals surface area contributed by atoms with Gasteiger partial charge < -0.3 is 4.74 Å². The molecule has 0 bridgehead atoms. The first-order chi connectivity index (χ1) is 8.31. The Balaban J connectivity index is 2.18. The summed E-state index contributed by atoms with van der Waals surface area (Å²) in [5.74, 6) is 0.492. The molecule has 2 rings (SSSR count). The van der Waals surface area contributed by atoms with E-state index in [0.717, 1.165) is 11.8 Å². The first-order valence-electron chi connectivity index (χ1n) is 5.21. The Hall–Kier alpha value is -1.80. The van der Waals surface area contributed by atoms with E-state index in [-0.39, 0.29) is 0 Å². The zero-order valence-electron chi connectivity index (χ0n) is 9.05. The number of aldehydes is 1. The minimum Gasteiger partial charge on any atom is -0.470 e. The van der Waals surface area contributed by atoms with E-state index in [9.17, 15) is 4.79 Å². The molecule has 86 valence electrons. The molecule has 2 nitrogen and oxygen atoms in total. The third kappa shape index (κ3) is 2.86. The second kappa shape index (κ2) is 5.51. The highest BCUT2D eigenvalue weighted by molar-refractivity contribution is 6.20. The van der Waals surface area contributed by atoms with Crippen molar-refractivity contribution in [3.05, 3.63) is 65.7 Å². The molecule has 0 spiro atoms. The van der Waals surface area contributed by atoms with E-state index < -0.39 is 5.56 Å². The standard InChI is InChI=1S/C14H11ClO2/c15-14(11-6-2-1-3-7-11)17-13-9-5-4-8-12(13)10-16/h1-10,14H. The minimum absolute atomic E-state index is 0.492. The molecule has 0 radical (unpaired) electrons. The first-order valence-corrected chi connectivity index (χ1v) is 5.65. The summed E-state index contributed by atoms with van der Waals surface area (Å²) in [6.45, 7) is 0. The third-order valence-corrected chi connectivity index (χ3v) is 2.68. The molecule has 0 aliphatic heterocycles. The van der Waals surface area contributed by atoms with Gasteiger partial charge in [-0.2, -0.15) is 0 Å². The fraction of sp³-hybridized carbons (Fsp3) is 0.0714. The lowest BCUT2D eigenvalue weighted by molar-refractivity contribution is 0.111. The van der Waals surface area contributed by atoms with E-state index in [2.05, 4.69) is 0 Å². The predicted molar refractivity (Wildman–Crippen MR) is 67.5 cm³/mol. The average Bonchev–Trinajstić information content (AvgIpc) is 2.40. The molecular formula is C14H11ClO2. The molecule has 0 saturated carbocycles. The van der Waals surface area contributed by atoms with Gasteiger partial charge in [-0.3, -0.25) is 4.79 Å². The third-order valence-electron chi connectivity index (χ3n) is 2.34. The van der Waals surface area contributed by atoms with Gasteiger partial charge in [0, 0.05) is 5.56 Å². The highest BCUT2D eigenvalue weighted by atomic mass is 35.5. The van der Waals surface area contributed by atoms with Crippen molar-refractivity contribution in [2.24, 2.45) is 0 Å². The molecule has 0 aliphatic carbocycles. The number of hydrogen-bond donors (Lipinski definition) is 0. The van der Waals surface area contributed by atoms with Crippen molar-refractivity contribution >= 4 is 17.9 Å². The maximum atomic E-state index is 10.8. The van der Waals surface area contributed by atoms with Crippen molar-refractivity contribution < 1.29 is 9.53 Å². The molecule has 1 unspecified atom stereocenters. The van der Waals surface area contributed by atoms with Crippen LogP contribution in [0.25, 0.3) is 0 Å². The van der Waals surface area contributed by atoms with Crippen LogP contribution in [-0.4, -0.2) is 6.29 Å². The normalized spacial score (nSPS) is 11.8. The van der Waals surface area contributed by atoms with Crippen LogP contribution in [0, 0.1) is 0 Å². The minimum atomic E-state index is -0.600. The van der Waals surface area contributed by atoms with E-state index in [1.165, 1.54) is 0 Å². The Morgan fingerprint density at radius 2 is 1.65 bits per heavy atom. The SMILES string of the molecule is O=Cc1ccccc1OC(Cl)c1ccccc1. The van der Waals surface area contributed by atoms with Crippen LogP contribution in [0.1, 0.15) is 21.5 Å². The van der Waals surface area contributed by atoms with E-state index >= 15 is 0 Å². The van der Waals surface area contributed by atoms with Gasteiger partial charge in [0.25, 0.3) is 0 Å². The maximum Gasteiger partial charge on any atom is 0.197 e. The lowest BCUT2D eigenvalue weighted by atomic mass is 10.2. The summed E-state index contributed by atoms with van der Waals surface area (Å²) < 4.78 is 5.56. The van der Waals surface area contributed by atoms with Gasteiger partial charge in [0.05, 0.1) is 5.56 Å². The zero-order chi connectivity index (χ0) is 12.1. The van der Waals surface area contributed by atoms with Crippen LogP contribution in [-0.2, 0) is 0 Å². The van der Waals surface area contributed by atoms with E-state index in [1.807, 2.05) is 30.3 Å². The maximum absolute atomic E-state index is 10.8. The van der Waals surface area contributed by atoms with Crippen molar-refractivity contribution in [3.8, 4) is 5.75 Å². The van der Waals surface area contributed by atoms with Crippen molar-refractivity contribution in [2.45, 2.75) is 5.56 Å². The molecule has 0 heterocycles. The molecule has 0 aliphatic rings. The Labute approximate surface area is 105 Å². The number of ether oxygens (including phenoxy) is 1. The van der Waals surface area contributed by atoms with Gasteiger partial charge in [-0.25, -0.2) is 0 Å². The van der Waals surface area contributed by atoms with Crippen molar-refractivity contribution in [1.29, 1.82) is 0 Å². The lowest BCUT2D eigenvalue weighted by Gasteiger charge is -2.14. The number of para-hydroxylation sites is 1. The van der Waals surface area contributed by atoms with Crippen LogP contribution in [0.4, 0.5) is 0 Å². The topological polar surface area (TPSA) is 26.3 Å². The van der Waals surface area contributed by atoms with Crippen molar-refractivity contribution in [3.63, 3.8) is 0 Å². The number of hydrogen-bond acceptors (Lipinski definition) is 2. The predicted octanol–water partition coefficient (Wildman–Crippen LogP) is 3.82. The number of halogens is 1. The first kappa shape index (κ1) is 11.7. The number of benzene rings is 2. The van der Waals surface area contributed by atoms with Crippen LogP contribution in [0.2, 0.25) is 0 Å². The lowest BCUT2D eigenvalue weighted by Crippen LogP contribution is -2.02. The quantitative estimate of drug-likeness (QED) is 0.606. The summed E-state index contributed by atoms with van der Waals surface area (Å²) in [5, 5.41) is 0. The molecule has 0 amide bonds. The number of rotatable bonds is 4. The molecule has 0 N–H and O–H groups in total. The largest absolute Gasteiger partial charge is 0.470 e. The smallest absolute Gasteiger partial charge is 0.197 e. The summed E-state index contributed by atoms with van der Waals surface area (Å²) in [5.41, 5.74) is 0.751. The summed E-state index contributed by atoms with van der Waals surface area (Å²) in [6, 6.07) is 16.4. The van der Waals surface area contributed by atoms with Gasteiger partial charge in [0.1, 0.15) is 5.75 Å². The number of alkyl halides is 1. The Morgan fingerprint density at radius 1 is 1.00 bits per heavy atom. The van der Waals surface area contributed by atoms with Gasteiger partial charge in [-0.15, -0.1) is 0 Å². The van der Waals surface area contributed by atoms with E-state index in [1.54, 1.807) is 24.3 Å². The van der Waals surface area contributed by atoms with Crippen molar-refractivity contribution in [1.82, 2.24) is 0 Å². The van der Waals surface area contributed by atoms with Crippen LogP contribution in [0.3, 0.4) is 0 Å². The number of carbonyl (C=O) groups excluding carboxylic acids is 1. The van der Waals surface area contributed by atoms with Crippen LogP contribution >= 0.6 is 11.6 Å². The Bertz CT molecular complexity index is 497. The van der Waals surface area contributed by atoms with Crippen molar-refractivity contribution in [2.75, 3.05) is 0 Å². The molecule has 0 fully saturated rings. The van der Waals surface area contributed by atoms with Gasteiger partial charge in [-0.05, 0) is 12.1 Å². The zero-order valence-corrected chi connectivity index (χ0v) is 9.80.